The number of rotatable bonds is 7. The highest BCUT2D eigenvalue weighted by Gasteiger charge is 2.19. The summed E-state index contributed by atoms with van der Waals surface area (Å²) in [5.74, 6) is 1.70. The van der Waals surface area contributed by atoms with Gasteiger partial charge in [-0.15, -0.1) is 0 Å². The first-order valence-corrected chi connectivity index (χ1v) is 8.11. The number of carbonyl (C=O) groups is 1. The molecule has 7 nitrogen and oxygen atoms in total. The molecule has 0 aliphatic carbocycles. The molecule has 26 heavy (non-hydrogen) atoms. The quantitative estimate of drug-likeness (QED) is 0.703. The van der Waals surface area contributed by atoms with Crippen LogP contribution in [0.3, 0.4) is 0 Å². The van der Waals surface area contributed by atoms with Crippen LogP contribution in [0.15, 0.2) is 59.1 Å². The van der Waals surface area contributed by atoms with E-state index in [4.69, 9.17) is 14.0 Å². The number of carbonyl (C=O) groups excluding carboxylic acids is 1. The molecule has 0 saturated carbocycles. The number of nitrogens with zero attached hydrogens (tertiary/aromatic N) is 2. The van der Waals surface area contributed by atoms with Crippen LogP contribution in [0.5, 0.6) is 11.5 Å². The lowest BCUT2D eigenvalue weighted by Crippen LogP contribution is -2.31. The Morgan fingerprint density at radius 2 is 1.88 bits per heavy atom. The van der Waals surface area contributed by atoms with Gasteiger partial charge in [0.2, 0.25) is 11.7 Å². The third kappa shape index (κ3) is 4.18. The van der Waals surface area contributed by atoms with Crippen molar-refractivity contribution in [3.63, 3.8) is 0 Å². The molecule has 1 atom stereocenters. The molecule has 1 unspecified atom stereocenters. The van der Waals surface area contributed by atoms with Gasteiger partial charge in [-0.2, -0.15) is 4.98 Å². The molecule has 1 heterocycles. The number of benzene rings is 2. The predicted octanol–water partition coefficient (Wildman–Crippen LogP) is 3.00. The van der Waals surface area contributed by atoms with Crippen LogP contribution in [-0.2, 0) is 4.79 Å². The molecule has 2 aromatic carbocycles. The van der Waals surface area contributed by atoms with Crippen molar-refractivity contribution in [1.29, 1.82) is 0 Å². The van der Waals surface area contributed by atoms with Gasteiger partial charge in [0.15, 0.2) is 6.61 Å². The lowest BCUT2D eigenvalue weighted by atomic mass is 10.2. The van der Waals surface area contributed by atoms with Gasteiger partial charge in [0.25, 0.3) is 5.91 Å². The van der Waals surface area contributed by atoms with Crippen molar-refractivity contribution in [1.82, 2.24) is 15.5 Å². The van der Waals surface area contributed by atoms with Crippen LogP contribution in [0.4, 0.5) is 0 Å². The fourth-order valence-electron chi connectivity index (χ4n) is 2.36. The Kier molecular flexibility index (Phi) is 5.48. The highest BCUT2D eigenvalue weighted by atomic mass is 16.5. The van der Waals surface area contributed by atoms with Gasteiger partial charge >= 0.3 is 0 Å². The van der Waals surface area contributed by atoms with Crippen molar-refractivity contribution >= 4 is 5.91 Å². The second-order valence-electron chi connectivity index (χ2n) is 5.55. The maximum atomic E-state index is 12.0. The number of para-hydroxylation sites is 2. The highest BCUT2D eigenvalue weighted by Crippen LogP contribution is 2.27. The number of methoxy groups -OCH3 is 1. The molecular formula is C19H19N3O4. The molecule has 3 aromatic rings. The van der Waals surface area contributed by atoms with Crippen molar-refractivity contribution < 1.29 is 18.8 Å². The zero-order valence-electron chi connectivity index (χ0n) is 14.5. The minimum absolute atomic E-state index is 0.0954. The average molecular weight is 353 g/mol. The summed E-state index contributed by atoms with van der Waals surface area (Å²) in [6.07, 6.45) is 0. The normalized spacial score (nSPS) is 11.6. The average Bonchev–Trinajstić information content (AvgIpc) is 3.17. The van der Waals surface area contributed by atoms with E-state index in [0.29, 0.717) is 23.2 Å². The van der Waals surface area contributed by atoms with Gasteiger partial charge in [-0.25, -0.2) is 0 Å². The summed E-state index contributed by atoms with van der Waals surface area (Å²) in [5.41, 5.74) is 0.718. The number of hydrogen-bond donors (Lipinski definition) is 1. The molecule has 1 amide bonds. The monoisotopic (exact) mass is 353 g/mol. The zero-order valence-corrected chi connectivity index (χ0v) is 14.5. The maximum Gasteiger partial charge on any atom is 0.258 e. The highest BCUT2D eigenvalue weighted by molar-refractivity contribution is 5.77. The maximum absolute atomic E-state index is 12.0. The van der Waals surface area contributed by atoms with Crippen LogP contribution in [0, 0.1) is 0 Å². The van der Waals surface area contributed by atoms with Gasteiger partial charge in [-0.1, -0.05) is 35.5 Å². The molecule has 0 spiro atoms. The van der Waals surface area contributed by atoms with Gasteiger partial charge in [0.1, 0.15) is 17.5 Å². The van der Waals surface area contributed by atoms with E-state index in [-0.39, 0.29) is 12.5 Å². The predicted molar refractivity (Wildman–Crippen MR) is 94.8 cm³/mol. The Balaban J connectivity index is 1.61. The summed E-state index contributed by atoms with van der Waals surface area (Å²) in [6.45, 7) is 1.67. The SMILES string of the molecule is COc1ccccc1-c1noc(C(C)NC(=O)COc2ccccc2)n1. The number of hydrogen-bond acceptors (Lipinski definition) is 6. The molecule has 134 valence electrons. The van der Waals surface area contributed by atoms with Crippen molar-refractivity contribution in [2.45, 2.75) is 13.0 Å². The topological polar surface area (TPSA) is 86.5 Å². The fraction of sp³-hybridized carbons (Fsp3) is 0.211. The number of amides is 1. The molecule has 3 rings (SSSR count). The minimum atomic E-state index is -0.446. The summed E-state index contributed by atoms with van der Waals surface area (Å²) in [5, 5.41) is 6.74. The Hall–Kier alpha value is -3.35. The van der Waals surface area contributed by atoms with Crippen LogP contribution >= 0.6 is 0 Å². The first-order valence-electron chi connectivity index (χ1n) is 8.11. The largest absolute Gasteiger partial charge is 0.496 e. The van der Waals surface area contributed by atoms with Gasteiger partial charge < -0.3 is 19.3 Å². The van der Waals surface area contributed by atoms with Gasteiger partial charge in [0.05, 0.1) is 12.7 Å². The van der Waals surface area contributed by atoms with Crippen molar-refractivity contribution in [2.24, 2.45) is 0 Å². The molecule has 0 aliphatic rings. The number of ether oxygens (including phenoxy) is 2. The second-order valence-corrected chi connectivity index (χ2v) is 5.55. The molecule has 0 bridgehead atoms. The van der Waals surface area contributed by atoms with Gasteiger partial charge in [0, 0.05) is 0 Å². The Bertz CT molecular complexity index is 864. The van der Waals surface area contributed by atoms with Crippen molar-refractivity contribution in [3.05, 3.63) is 60.5 Å². The van der Waals surface area contributed by atoms with E-state index in [1.807, 2.05) is 42.5 Å². The van der Waals surface area contributed by atoms with E-state index >= 15 is 0 Å². The summed E-state index contributed by atoms with van der Waals surface area (Å²) in [4.78, 5) is 16.4. The molecule has 1 aromatic heterocycles. The van der Waals surface area contributed by atoms with E-state index in [0.717, 1.165) is 5.56 Å². The van der Waals surface area contributed by atoms with E-state index in [2.05, 4.69) is 15.5 Å². The fourth-order valence-corrected chi connectivity index (χ4v) is 2.36. The molecule has 0 aliphatic heterocycles. The lowest BCUT2D eigenvalue weighted by Gasteiger charge is -2.10. The lowest BCUT2D eigenvalue weighted by molar-refractivity contribution is -0.123. The first-order chi connectivity index (χ1) is 12.7. The molecule has 1 N–H and O–H groups in total. The summed E-state index contributed by atoms with van der Waals surface area (Å²) in [6, 6.07) is 16.1. The van der Waals surface area contributed by atoms with E-state index in [1.165, 1.54) is 0 Å². The van der Waals surface area contributed by atoms with Crippen LogP contribution in [-0.4, -0.2) is 29.8 Å². The van der Waals surface area contributed by atoms with E-state index in [9.17, 15) is 4.79 Å². The van der Waals surface area contributed by atoms with Gasteiger partial charge in [-0.3, -0.25) is 4.79 Å². The van der Waals surface area contributed by atoms with Gasteiger partial charge in [-0.05, 0) is 31.2 Å². The van der Waals surface area contributed by atoms with E-state index < -0.39 is 6.04 Å². The summed E-state index contributed by atoms with van der Waals surface area (Å²) >= 11 is 0. The zero-order chi connectivity index (χ0) is 18.4. The Morgan fingerprint density at radius 3 is 2.65 bits per heavy atom. The standard InChI is InChI=1S/C19H19N3O4/c1-13(20-17(23)12-25-14-8-4-3-5-9-14)19-21-18(22-26-19)15-10-6-7-11-16(15)24-2/h3-11,13H,12H2,1-2H3,(H,20,23). The molecule has 7 heteroatoms. The third-order valence-electron chi connectivity index (χ3n) is 3.65. The summed E-state index contributed by atoms with van der Waals surface area (Å²) in [7, 11) is 1.58. The molecule has 0 fully saturated rings. The first kappa shape index (κ1) is 17.5. The Labute approximate surface area is 150 Å². The minimum Gasteiger partial charge on any atom is -0.496 e. The third-order valence-corrected chi connectivity index (χ3v) is 3.65. The van der Waals surface area contributed by atoms with Crippen molar-refractivity contribution in [3.8, 4) is 22.9 Å². The second kappa shape index (κ2) is 8.15. The van der Waals surface area contributed by atoms with Crippen molar-refractivity contribution in [2.75, 3.05) is 13.7 Å². The molecule has 0 radical (unpaired) electrons. The Morgan fingerprint density at radius 1 is 1.15 bits per heavy atom. The summed E-state index contributed by atoms with van der Waals surface area (Å²) < 4.78 is 16.0. The number of nitrogens with one attached hydrogen (secondary N) is 1. The molecule has 0 saturated heterocycles. The smallest absolute Gasteiger partial charge is 0.258 e. The van der Waals surface area contributed by atoms with Crippen LogP contribution in [0.1, 0.15) is 18.9 Å². The number of aromatic nitrogens is 2. The van der Waals surface area contributed by atoms with E-state index in [1.54, 1.807) is 26.2 Å². The molecular weight excluding hydrogens is 334 g/mol. The van der Waals surface area contributed by atoms with Crippen LogP contribution in [0.2, 0.25) is 0 Å². The van der Waals surface area contributed by atoms with Crippen LogP contribution in [0.25, 0.3) is 11.4 Å². The van der Waals surface area contributed by atoms with Crippen LogP contribution < -0.4 is 14.8 Å².